The number of halogens is 2. The molecule has 0 aliphatic rings. The molecule has 0 unspecified atom stereocenters. The van der Waals surface area contributed by atoms with Crippen LogP contribution in [0.4, 0.5) is 0 Å². The molecular formula is C27H22BrClN2O4. The SMILES string of the molecule is COc1cc2ccccc2cc1C(=O)N/N=C/c1cc(Br)c(OCc2ccccc2Cl)c(OC)c1. The van der Waals surface area contributed by atoms with Gasteiger partial charge in [0.15, 0.2) is 11.5 Å². The van der Waals surface area contributed by atoms with Crippen LogP contribution in [0.5, 0.6) is 17.2 Å². The van der Waals surface area contributed by atoms with Gasteiger partial charge < -0.3 is 14.2 Å². The van der Waals surface area contributed by atoms with Gasteiger partial charge in [-0.15, -0.1) is 0 Å². The monoisotopic (exact) mass is 552 g/mol. The highest BCUT2D eigenvalue weighted by Gasteiger charge is 2.14. The van der Waals surface area contributed by atoms with Crippen molar-refractivity contribution in [1.82, 2.24) is 5.43 Å². The molecular weight excluding hydrogens is 532 g/mol. The minimum absolute atomic E-state index is 0.283. The van der Waals surface area contributed by atoms with Crippen molar-refractivity contribution in [3.8, 4) is 17.2 Å². The van der Waals surface area contributed by atoms with E-state index in [9.17, 15) is 4.79 Å². The van der Waals surface area contributed by atoms with E-state index in [4.69, 9.17) is 25.8 Å². The molecule has 6 nitrogen and oxygen atoms in total. The molecule has 0 radical (unpaired) electrons. The highest BCUT2D eigenvalue weighted by atomic mass is 79.9. The Bertz CT molecular complexity index is 1410. The van der Waals surface area contributed by atoms with E-state index in [2.05, 4.69) is 26.5 Å². The molecule has 0 aliphatic carbocycles. The zero-order valence-electron chi connectivity index (χ0n) is 19.0. The van der Waals surface area contributed by atoms with Gasteiger partial charge in [0.25, 0.3) is 5.91 Å². The molecule has 0 atom stereocenters. The summed E-state index contributed by atoms with van der Waals surface area (Å²) in [6.45, 7) is 0.283. The summed E-state index contributed by atoms with van der Waals surface area (Å²) < 4.78 is 17.5. The second-order valence-electron chi connectivity index (χ2n) is 7.51. The topological polar surface area (TPSA) is 69.2 Å². The van der Waals surface area contributed by atoms with Crippen molar-refractivity contribution in [2.45, 2.75) is 6.61 Å². The van der Waals surface area contributed by atoms with Crippen LogP contribution in [0.1, 0.15) is 21.5 Å². The van der Waals surface area contributed by atoms with Gasteiger partial charge >= 0.3 is 0 Å². The Kier molecular flexibility index (Phi) is 7.90. The van der Waals surface area contributed by atoms with Crippen LogP contribution in [0.25, 0.3) is 10.8 Å². The lowest BCUT2D eigenvalue weighted by Crippen LogP contribution is -2.18. The van der Waals surface area contributed by atoms with E-state index >= 15 is 0 Å². The van der Waals surface area contributed by atoms with Crippen molar-refractivity contribution in [3.63, 3.8) is 0 Å². The van der Waals surface area contributed by atoms with Crippen LogP contribution in [0.15, 0.2) is 82.4 Å². The van der Waals surface area contributed by atoms with E-state index in [-0.39, 0.29) is 12.5 Å². The fourth-order valence-electron chi connectivity index (χ4n) is 3.51. The summed E-state index contributed by atoms with van der Waals surface area (Å²) in [4.78, 5) is 12.8. The lowest BCUT2D eigenvalue weighted by molar-refractivity contribution is 0.0952. The summed E-state index contributed by atoms with van der Waals surface area (Å²) in [5, 5.41) is 6.66. The molecule has 0 spiro atoms. The van der Waals surface area contributed by atoms with Crippen LogP contribution in [-0.4, -0.2) is 26.3 Å². The Hall–Kier alpha value is -3.55. The third-order valence-corrected chi connectivity index (χ3v) is 6.23. The minimum Gasteiger partial charge on any atom is -0.496 e. The van der Waals surface area contributed by atoms with E-state index < -0.39 is 0 Å². The summed E-state index contributed by atoms with van der Waals surface area (Å²) in [6, 6.07) is 22.4. The molecule has 35 heavy (non-hydrogen) atoms. The van der Waals surface area contributed by atoms with E-state index in [1.165, 1.54) is 13.3 Å². The van der Waals surface area contributed by atoms with Gasteiger partial charge in [-0.3, -0.25) is 4.79 Å². The first-order valence-corrected chi connectivity index (χ1v) is 11.8. The zero-order valence-corrected chi connectivity index (χ0v) is 21.4. The first-order chi connectivity index (χ1) is 17.0. The predicted octanol–water partition coefficient (Wildman–Crippen LogP) is 6.62. The summed E-state index contributed by atoms with van der Waals surface area (Å²) in [5.41, 5.74) is 4.51. The number of methoxy groups -OCH3 is 2. The van der Waals surface area contributed by atoms with Gasteiger partial charge in [0, 0.05) is 10.6 Å². The fraction of sp³-hybridized carbons (Fsp3) is 0.111. The Morgan fingerprint density at radius 1 is 0.971 bits per heavy atom. The van der Waals surface area contributed by atoms with Crippen molar-refractivity contribution < 1.29 is 19.0 Å². The van der Waals surface area contributed by atoms with Gasteiger partial charge in [-0.05, 0) is 62.6 Å². The maximum Gasteiger partial charge on any atom is 0.275 e. The molecule has 0 saturated carbocycles. The number of carbonyl (C=O) groups excluding carboxylic acids is 1. The third-order valence-electron chi connectivity index (χ3n) is 5.27. The lowest BCUT2D eigenvalue weighted by Gasteiger charge is -2.14. The second-order valence-corrected chi connectivity index (χ2v) is 8.77. The number of nitrogens with one attached hydrogen (secondary N) is 1. The van der Waals surface area contributed by atoms with Crippen molar-refractivity contribution in [3.05, 3.63) is 99.0 Å². The molecule has 1 amide bonds. The lowest BCUT2D eigenvalue weighted by atomic mass is 10.1. The van der Waals surface area contributed by atoms with Gasteiger partial charge in [-0.2, -0.15) is 5.10 Å². The van der Waals surface area contributed by atoms with Crippen molar-refractivity contribution in [1.29, 1.82) is 0 Å². The average molecular weight is 554 g/mol. The largest absolute Gasteiger partial charge is 0.496 e. The minimum atomic E-state index is -0.380. The number of carbonyl (C=O) groups is 1. The van der Waals surface area contributed by atoms with Crippen LogP contribution in [0.2, 0.25) is 5.02 Å². The highest BCUT2D eigenvalue weighted by Crippen LogP contribution is 2.37. The van der Waals surface area contributed by atoms with Crippen molar-refractivity contribution in [2.24, 2.45) is 5.10 Å². The van der Waals surface area contributed by atoms with Crippen LogP contribution in [-0.2, 0) is 6.61 Å². The van der Waals surface area contributed by atoms with E-state index in [0.29, 0.717) is 37.9 Å². The number of fused-ring (bicyclic) bond motifs is 1. The first kappa shape index (κ1) is 24.6. The normalized spacial score (nSPS) is 11.0. The van der Waals surface area contributed by atoms with Crippen LogP contribution in [0.3, 0.4) is 0 Å². The summed E-state index contributed by atoms with van der Waals surface area (Å²) in [5.74, 6) is 1.14. The number of benzene rings is 4. The molecule has 4 rings (SSSR count). The summed E-state index contributed by atoms with van der Waals surface area (Å²) >= 11 is 9.75. The molecule has 8 heteroatoms. The molecule has 1 N–H and O–H groups in total. The zero-order chi connectivity index (χ0) is 24.8. The highest BCUT2D eigenvalue weighted by molar-refractivity contribution is 9.10. The Morgan fingerprint density at radius 2 is 1.66 bits per heavy atom. The average Bonchev–Trinajstić information content (AvgIpc) is 2.87. The van der Waals surface area contributed by atoms with Gasteiger partial charge in [0.2, 0.25) is 0 Å². The molecule has 0 aromatic heterocycles. The number of rotatable bonds is 8. The Labute approximate surface area is 216 Å². The standard InChI is InChI=1S/C27H22BrClN2O4/c1-33-24-14-19-8-4-3-7-18(19)13-21(24)27(32)31-30-15-17-11-22(28)26(25(12-17)34-2)35-16-20-9-5-6-10-23(20)29/h3-15H,16H2,1-2H3,(H,31,32)/b30-15+. The third kappa shape index (κ3) is 5.75. The molecule has 0 fully saturated rings. The van der Waals surface area contributed by atoms with Crippen LogP contribution < -0.4 is 19.6 Å². The number of ether oxygens (including phenoxy) is 3. The maximum absolute atomic E-state index is 12.8. The van der Waals surface area contributed by atoms with Crippen molar-refractivity contribution >= 4 is 50.4 Å². The van der Waals surface area contributed by atoms with E-state index in [1.54, 1.807) is 19.2 Å². The molecule has 0 saturated heterocycles. The second kappa shape index (κ2) is 11.3. The number of nitrogens with zero attached hydrogens (tertiary/aromatic N) is 1. The fourth-order valence-corrected chi connectivity index (χ4v) is 4.28. The molecule has 178 valence electrons. The van der Waals surface area contributed by atoms with E-state index in [1.807, 2.05) is 60.7 Å². The Balaban J connectivity index is 1.49. The first-order valence-electron chi connectivity index (χ1n) is 10.6. The quantitative estimate of drug-likeness (QED) is 0.197. The van der Waals surface area contributed by atoms with Gasteiger partial charge in [-0.25, -0.2) is 5.43 Å². The Morgan fingerprint density at radius 3 is 2.37 bits per heavy atom. The molecule has 4 aromatic carbocycles. The molecule has 4 aromatic rings. The van der Waals surface area contributed by atoms with Crippen LogP contribution in [0, 0.1) is 0 Å². The number of hydrogen-bond acceptors (Lipinski definition) is 5. The predicted molar refractivity (Wildman–Crippen MR) is 142 cm³/mol. The summed E-state index contributed by atoms with van der Waals surface area (Å²) in [7, 11) is 3.09. The molecule has 0 heterocycles. The number of amides is 1. The van der Waals surface area contributed by atoms with Crippen molar-refractivity contribution in [2.75, 3.05) is 14.2 Å². The maximum atomic E-state index is 12.8. The smallest absolute Gasteiger partial charge is 0.275 e. The number of hydrogen-bond donors (Lipinski definition) is 1. The van der Waals surface area contributed by atoms with E-state index in [0.717, 1.165) is 16.3 Å². The molecule has 0 bridgehead atoms. The van der Waals surface area contributed by atoms with Gasteiger partial charge in [0.1, 0.15) is 12.4 Å². The van der Waals surface area contributed by atoms with Gasteiger partial charge in [0.05, 0.1) is 30.5 Å². The number of hydrazone groups is 1. The van der Waals surface area contributed by atoms with Crippen LogP contribution >= 0.6 is 27.5 Å². The summed E-state index contributed by atoms with van der Waals surface area (Å²) in [6.07, 6.45) is 1.52. The molecule has 0 aliphatic heterocycles. The van der Waals surface area contributed by atoms with Gasteiger partial charge in [-0.1, -0.05) is 54.1 Å².